The molecule has 26 heavy (non-hydrogen) atoms. The zero-order chi connectivity index (χ0) is 19.3. The second kappa shape index (κ2) is 8.78. The molecule has 0 aliphatic rings. The molecule has 0 radical (unpaired) electrons. The number of unbranched alkanes of at least 4 members (excludes halogenated alkanes) is 1. The minimum atomic E-state index is -3.94. The van der Waals surface area contributed by atoms with Crippen LogP contribution in [0.15, 0.2) is 41.3 Å². The number of halogens is 1. The molecule has 0 atom stereocenters. The smallest absolute Gasteiger partial charge is 0.339 e. The molecule has 0 fully saturated rings. The van der Waals surface area contributed by atoms with Crippen molar-refractivity contribution in [1.82, 2.24) is 0 Å². The maximum atomic E-state index is 12.6. The first-order valence-corrected chi connectivity index (χ1v) is 10.5. The fourth-order valence-corrected chi connectivity index (χ4v) is 3.51. The largest absolute Gasteiger partial charge is 0.493 e. The van der Waals surface area contributed by atoms with Gasteiger partial charge in [0.25, 0.3) is 0 Å². The van der Waals surface area contributed by atoms with Crippen LogP contribution in [0.2, 0.25) is 5.02 Å². The van der Waals surface area contributed by atoms with Crippen molar-refractivity contribution in [3.8, 4) is 11.5 Å². The molecular formula is C20H25ClO4S. The average molecular weight is 397 g/mol. The molecule has 0 heterocycles. The lowest BCUT2D eigenvalue weighted by Crippen LogP contribution is -2.11. The highest BCUT2D eigenvalue weighted by Gasteiger charge is 2.20. The van der Waals surface area contributed by atoms with Crippen molar-refractivity contribution in [2.24, 2.45) is 0 Å². The van der Waals surface area contributed by atoms with Crippen LogP contribution in [-0.4, -0.2) is 15.0 Å². The van der Waals surface area contributed by atoms with Crippen LogP contribution in [0.5, 0.6) is 11.5 Å². The Labute approximate surface area is 161 Å². The average Bonchev–Trinajstić information content (AvgIpc) is 2.58. The van der Waals surface area contributed by atoms with Gasteiger partial charge in [-0.05, 0) is 66.8 Å². The maximum absolute atomic E-state index is 12.6. The maximum Gasteiger partial charge on any atom is 0.339 e. The van der Waals surface area contributed by atoms with Crippen LogP contribution in [0.4, 0.5) is 0 Å². The highest BCUT2D eigenvalue weighted by molar-refractivity contribution is 7.87. The molecule has 2 aromatic rings. The molecule has 142 valence electrons. The number of rotatable bonds is 8. The van der Waals surface area contributed by atoms with Crippen LogP contribution in [-0.2, 0) is 10.1 Å². The molecule has 2 rings (SSSR count). The van der Waals surface area contributed by atoms with Crippen molar-refractivity contribution in [2.45, 2.75) is 51.3 Å². The van der Waals surface area contributed by atoms with Crippen molar-refractivity contribution in [2.75, 3.05) is 6.61 Å². The molecule has 0 saturated carbocycles. The summed E-state index contributed by atoms with van der Waals surface area (Å²) < 4.78 is 36.4. The van der Waals surface area contributed by atoms with E-state index in [0.29, 0.717) is 11.6 Å². The molecule has 0 N–H and O–H groups in total. The summed E-state index contributed by atoms with van der Waals surface area (Å²) in [5.41, 5.74) is 1.60. The lowest BCUT2D eigenvalue weighted by molar-refractivity contribution is 0.305. The van der Waals surface area contributed by atoms with E-state index in [2.05, 4.69) is 6.92 Å². The minimum Gasteiger partial charge on any atom is -0.493 e. The third-order valence-electron chi connectivity index (χ3n) is 3.98. The first-order valence-electron chi connectivity index (χ1n) is 8.72. The topological polar surface area (TPSA) is 52.6 Å². The van der Waals surface area contributed by atoms with Crippen molar-refractivity contribution < 1.29 is 17.3 Å². The predicted octanol–water partition coefficient (Wildman–Crippen LogP) is 5.72. The SMILES string of the molecule is CCCCOc1ccc(S(=O)(=O)Oc2ccc(Cl)c(C)c2)cc1C(C)C. The zero-order valence-electron chi connectivity index (χ0n) is 15.6. The van der Waals surface area contributed by atoms with E-state index in [1.54, 1.807) is 37.3 Å². The van der Waals surface area contributed by atoms with E-state index in [9.17, 15) is 8.42 Å². The van der Waals surface area contributed by atoms with Gasteiger partial charge in [0, 0.05) is 5.02 Å². The van der Waals surface area contributed by atoms with E-state index < -0.39 is 10.1 Å². The molecular weight excluding hydrogens is 372 g/mol. The molecule has 0 unspecified atom stereocenters. The molecule has 0 saturated heterocycles. The summed E-state index contributed by atoms with van der Waals surface area (Å²) in [5, 5.41) is 0.561. The Kier molecular flexibility index (Phi) is 6.95. The predicted molar refractivity (Wildman–Crippen MR) is 105 cm³/mol. The summed E-state index contributed by atoms with van der Waals surface area (Å²) in [6.45, 7) is 8.51. The second-order valence-corrected chi connectivity index (χ2v) is 8.46. The highest BCUT2D eigenvalue weighted by atomic mass is 35.5. The van der Waals surface area contributed by atoms with Gasteiger partial charge in [0.2, 0.25) is 0 Å². The summed E-state index contributed by atoms with van der Waals surface area (Å²) in [7, 11) is -3.94. The molecule has 0 amide bonds. The normalized spacial score (nSPS) is 11.6. The van der Waals surface area contributed by atoms with Gasteiger partial charge in [0.15, 0.2) is 0 Å². The lowest BCUT2D eigenvalue weighted by Gasteiger charge is -2.16. The number of hydrogen-bond donors (Lipinski definition) is 0. The first kappa shape index (κ1) is 20.6. The Morgan fingerprint density at radius 2 is 1.85 bits per heavy atom. The van der Waals surface area contributed by atoms with Crippen molar-refractivity contribution >= 4 is 21.7 Å². The third kappa shape index (κ3) is 5.15. The zero-order valence-corrected chi connectivity index (χ0v) is 17.2. The van der Waals surface area contributed by atoms with Crippen LogP contribution < -0.4 is 8.92 Å². The number of benzene rings is 2. The van der Waals surface area contributed by atoms with Gasteiger partial charge in [-0.15, -0.1) is 0 Å². The van der Waals surface area contributed by atoms with Crippen LogP contribution in [0, 0.1) is 6.92 Å². The number of ether oxygens (including phenoxy) is 1. The molecule has 0 aliphatic carbocycles. The Hall–Kier alpha value is -1.72. The van der Waals surface area contributed by atoms with Gasteiger partial charge in [-0.1, -0.05) is 38.8 Å². The van der Waals surface area contributed by atoms with Gasteiger partial charge < -0.3 is 8.92 Å². The van der Waals surface area contributed by atoms with Gasteiger partial charge in [-0.25, -0.2) is 0 Å². The van der Waals surface area contributed by atoms with Crippen LogP contribution in [0.25, 0.3) is 0 Å². The van der Waals surface area contributed by atoms with Crippen LogP contribution in [0.3, 0.4) is 0 Å². The molecule has 2 aromatic carbocycles. The molecule has 0 aliphatic heterocycles. The van der Waals surface area contributed by atoms with Crippen LogP contribution >= 0.6 is 11.6 Å². The van der Waals surface area contributed by atoms with Gasteiger partial charge in [-0.2, -0.15) is 8.42 Å². The van der Waals surface area contributed by atoms with Gasteiger partial charge in [0.05, 0.1) is 6.61 Å². The molecule has 4 nitrogen and oxygen atoms in total. The molecule has 0 aromatic heterocycles. The number of aryl methyl sites for hydroxylation is 1. The van der Waals surface area contributed by atoms with Crippen molar-refractivity contribution in [3.63, 3.8) is 0 Å². The number of hydrogen-bond acceptors (Lipinski definition) is 4. The van der Waals surface area contributed by atoms with Crippen molar-refractivity contribution in [3.05, 3.63) is 52.5 Å². The van der Waals surface area contributed by atoms with Gasteiger partial charge in [0.1, 0.15) is 16.4 Å². The van der Waals surface area contributed by atoms with E-state index >= 15 is 0 Å². The summed E-state index contributed by atoms with van der Waals surface area (Å²) >= 11 is 5.98. The standard InChI is InChI=1S/C20H25ClO4S/c1-5-6-11-24-20-10-8-17(13-18(20)14(2)3)26(22,23)25-16-7-9-19(21)15(4)12-16/h7-10,12-14H,5-6,11H2,1-4H3. The van der Waals surface area contributed by atoms with E-state index in [-0.39, 0.29) is 16.6 Å². The van der Waals surface area contributed by atoms with Crippen molar-refractivity contribution in [1.29, 1.82) is 0 Å². The summed E-state index contributed by atoms with van der Waals surface area (Å²) in [4.78, 5) is 0.108. The Bertz CT molecular complexity index is 860. The fourth-order valence-electron chi connectivity index (χ4n) is 2.43. The van der Waals surface area contributed by atoms with E-state index in [1.165, 1.54) is 6.07 Å². The first-order chi connectivity index (χ1) is 12.2. The molecule has 0 bridgehead atoms. The third-order valence-corrected chi connectivity index (χ3v) is 5.65. The lowest BCUT2D eigenvalue weighted by atomic mass is 10.0. The van der Waals surface area contributed by atoms with E-state index in [4.69, 9.17) is 20.5 Å². The second-order valence-electron chi connectivity index (χ2n) is 6.50. The highest BCUT2D eigenvalue weighted by Crippen LogP contribution is 2.31. The van der Waals surface area contributed by atoms with E-state index in [1.807, 2.05) is 13.8 Å². The minimum absolute atomic E-state index is 0.108. The summed E-state index contributed by atoms with van der Waals surface area (Å²) in [6, 6.07) is 9.61. The van der Waals surface area contributed by atoms with Gasteiger partial charge in [-0.3, -0.25) is 0 Å². The monoisotopic (exact) mass is 396 g/mol. The van der Waals surface area contributed by atoms with E-state index in [0.717, 1.165) is 29.7 Å². The van der Waals surface area contributed by atoms with Gasteiger partial charge >= 0.3 is 10.1 Å². The van der Waals surface area contributed by atoms with Crippen LogP contribution in [0.1, 0.15) is 50.7 Å². The Morgan fingerprint density at radius 3 is 2.46 bits per heavy atom. The molecule has 0 spiro atoms. The fraction of sp³-hybridized carbons (Fsp3) is 0.400. The molecule has 6 heteroatoms. The quantitative estimate of drug-likeness (QED) is 0.423. The Morgan fingerprint density at radius 1 is 1.12 bits per heavy atom. The Balaban J connectivity index is 2.30. The summed E-state index contributed by atoms with van der Waals surface area (Å²) in [5.74, 6) is 1.08. The summed E-state index contributed by atoms with van der Waals surface area (Å²) in [6.07, 6.45) is 1.99.